The molecule has 1 aromatic carbocycles. The van der Waals surface area contributed by atoms with Crippen molar-refractivity contribution in [2.75, 3.05) is 5.32 Å². The minimum atomic E-state index is -0.133. The maximum absolute atomic E-state index is 13.1. The van der Waals surface area contributed by atoms with Gasteiger partial charge in [-0.3, -0.25) is 14.2 Å². The van der Waals surface area contributed by atoms with E-state index in [9.17, 15) is 4.79 Å². The summed E-state index contributed by atoms with van der Waals surface area (Å²) in [4.78, 5) is 21.8. The summed E-state index contributed by atoms with van der Waals surface area (Å²) in [5.74, 6) is -0.133. The van der Waals surface area contributed by atoms with E-state index in [4.69, 9.17) is 0 Å². The lowest BCUT2D eigenvalue weighted by atomic mass is 10.1. The highest BCUT2D eigenvalue weighted by atomic mass is 16.2. The number of hydrogen-bond donors (Lipinski definition) is 1. The monoisotopic (exact) mass is 384 g/mol. The molecule has 5 heteroatoms. The molecule has 146 valence electrons. The Bertz CT molecular complexity index is 1130. The number of imidazole rings is 1. The molecule has 0 aliphatic rings. The SMILES string of the molecule is CCCc1nc2cc(C)ccn2c1C(=O)Nc1ccc(Cc2ccncc2)cc1. The second-order valence-corrected chi connectivity index (χ2v) is 7.27. The number of hydrogen-bond acceptors (Lipinski definition) is 3. The minimum absolute atomic E-state index is 0.133. The van der Waals surface area contributed by atoms with Crippen molar-refractivity contribution in [3.63, 3.8) is 0 Å². The summed E-state index contributed by atoms with van der Waals surface area (Å²) in [6, 6.07) is 16.0. The number of carbonyl (C=O) groups is 1. The van der Waals surface area contributed by atoms with Gasteiger partial charge in [0.25, 0.3) is 5.91 Å². The molecule has 0 aliphatic carbocycles. The standard InChI is InChI=1S/C24H24N4O/c1-3-4-21-23(28-14-11-17(2)15-22(28)27-21)24(29)26-20-7-5-18(6-8-20)16-19-9-12-25-13-10-19/h5-15H,3-4,16H2,1-2H3,(H,26,29). The van der Waals surface area contributed by atoms with Crippen molar-refractivity contribution in [2.45, 2.75) is 33.1 Å². The van der Waals surface area contributed by atoms with E-state index in [2.05, 4.69) is 22.2 Å². The molecular formula is C24H24N4O. The van der Waals surface area contributed by atoms with Gasteiger partial charge < -0.3 is 5.32 Å². The number of aromatic nitrogens is 3. The van der Waals surface area contributed by atoms with Crippen LogP contribution in [0.1, 0.15) is 46.2 Å². The summed E-state index contributed by atoms with van der Waals surface area (Å²) in [7, 11) is 0. The topological polar surface area (TPSA) is 59.3 Å². The van der Waals surface area contributed by atoms with Gasteiger partial charge in [0.15, 0.2) is 0 Å². The largest absolute Gasteiger partial charge is 0.321 e. The first-order chi connectivity index (χ1) is 14.1. The van der Waals surface area contributed by atoms with Crippen LogP contribution < -0.4 is 5.32 Å². The first-order valence-corrected chi connectivity index (χ1v) is 9.91. The summed E-state index contributed by atoms with van der Waals surface area (Å²) in [6.07, 6.45) is 8.07. The summed E-state index contributed by atoms with van der Waals surface area (Å²) >= 11 is 0. The van der Waals surface area contributed by atoms with Crippen LogP contribution in [0.15, 0.2) is 67.1 Å². The number of carbonyl (C=O) groups excluding carboxylic acids is 1. The molecule has 0 bridgehead atoms. The second-order valence-electron chi connectivity index (χ2n) is 7.27. The van der Waals surface area contributed by atoms with E-state index in [1.807, 2.05) is 66.1 Å². The first-order valence-electron chi connectivity index (χ1n) is 9.91. The number of anilines is 1. The van der Waals surface area contributed by atoms with Crippen molar-refractivity contribution in [1.29, 1.82) is 0 Å². The fraction of sp³-hybridized carbons (Fsp3) is 0.208. The minimum Gasteiger partial charge on any atom is -0.321 e. The Morgan fingerprint density at radius 1 is 1.03 bits per heavy atom. The number of nitrogens with one attached hydrogen (secondary N) is 1. The third kappa shape index (κ3) is 4.19. The Morgan fingerprint density at radius 2 is 1.76 bits per heavy atom. The molecular weight excluding hydrogens is 360 g/mol. The predicted molar refractivity (Wildman–Crippen MR) is 115 cm³/mol. The van der Waals surface area contributed by atoms with Crippen molar-refractivity contribution in [2.24, 2.45) is 0 Å². The molecule has 1 amide bonds. The van der Waals surface area contributed by atoms with E-state index in [0.29, 0.717) is 5.69 Å². The molecule has 0 radical (unpaired) electrons. The van der Waals surface area contributed by atoms with Gasteiger partial charge in [-0.1, -0.05) is 25.5 Å². The van der Waals surface area contributed by atoms with Gasteiger partial charge in [-0.25, -0.2) is 4.98 Å². The third-order valence-electron chi connectivity index (χ3n) is 4.93. The molecule has 3 aromatic heterocycles. The van der Waals surface area contributed by atoms with E-state index in [1.54, 1.807) is 12.4 Å². The molecule has 0 spiro atoms. The average Bonchev–Trinajstić information content (AvgIpc) is 3.07. The molecule has 5 nitrogen and oxygen atoms in total. The highest BCUT2D eigenvalue weighted by molar-refractivity contribution is 6.04. The molecule has 4 aromatic rings. The van der Waals surface area contributed by atoms with E-state index in [0.717, 1.165) is 41.9 Å². The number of amides is 1. The van der Waals surface area contributed by atoms with Crippen molar-refractivity contribution >= 4 is 17.2 Å². The fourth-order valence-electron chi connectivity index (χ4n) is 3.48. The van der Waals surface area contributed by atoms with Crippen LogP contribution >= 0.6 is 0 Å². The third-order valence-corrected chi connectivity index (χ3v) is 4.93. The number of nitrogens with zero attached hydrogens (tertiary/aromatic N) is 3. The molecule has 0 fully saturated rings. The molecule has 0 unspecified atom stereocenters. The summed E-state index contributed by atoms with van der Waals surface area (Å²) in [5.41, 5.74) is 6.56. The fourth-order valence-corrected chi connectivity index (χ4v) is 3.48. The van der Waals surface area contributed by atoms with Crippen LogP contribution in [0, 0.1) is 6.92 Å². The van der Waals surface area contributed by atoms with Crippen LogP contribution in [0.2, 0.25) is 0 Å². The van der Waals surface area contributed by atoms with Crippen molar-refractivity contribution in [3.8, 4) is 0 Å². The highest BCUT2D eigenvalue weighted by Gasteiger charge is 2.19. The van der Waals surface area contributed by atoms with Crippen molar-refractivity contribution < 1.29 is 4.79 Å². The number of fused-ring (bicyclic) bond motifs is 1. The van der Waals surface area contributed by atoms with Gasteiger partial charge in [-0.2, -0.15) is 0 Å². The van der Waals surface area contributed by atoms with Crippen LogP contribution in [0.4, 0.5) is 5.69 Å². The molecule has 3 heterocycles. The second kappa shape index (κ2) is 8.27. The Balaban J connectivity index is 1.55. The van der Waals surface area contributed by atoms with Gasteiger partial charge >= 0.3 is 0 Å². The smallest absolute Gasteiger partial charge is 0.274 e. The van der Waals surface area contributed by atoms with Gasteiger partial charge in [-0.05, 0) is 72.9 Å². The maximum atomic E-state index is 13.1. The lowest BCUT2D eigenvalue weighted by Crippen LogP contribution is -2.16. The number of pyridine rings is 2. The normalized spacial score (nSPS) is 11.0. The van der Waals surface area contributed by atoms with Crippen LogP contribution in [-0.2, 0) is 12.8 Å². The van der Waals surface area contributed by atoms with Crippen molar-refractivity contribution in [1.82, 2.24) is 14.4 Å². The van der Waals surface area contributed by atoms with Gasteiger partial charge in [-0.15, -0.1) is 0 Å². The van der Waals surface area contributed by atoms with Gasteiger partial charge in [0.05, 0.1) is 5.69 Å². The highest BCUT2D eigenvalue weighted by Crippen LogP contribution is 2.19. The Morgan fingerprint density at radius 3 is 2.48 bits per heavy atom. The van der Waals surface area contributed by atoms with Crippen LogP contribution in [0.3, 0.4) is 0 Å². The predicted octanol–water partition coefficient (Wildman–Crippen LogP) is 4.83. The van der Waals surface area contributed by atoms with Gasteiger partial charge in [0.2, 0.25) is 0 Å². The van der Waals surface area contributed by atoms with Crippen LogP contribution in [0.5, 0.6) is 0 Å². The average molecular weight is 384 g/mol. The lowest BCUT2D eigenvalue weighted by Gasteiger charge is -2.08. The molecule has 0 saturated carbocycles. The van der Waals surface area contributed by atoms with E-state index < -0.39 is 0 Å². The summed E-state index contributed by atoms with van der Waals surface area (Å²) in [6.45, 7) is 4.12. The zero-order chi connectivity index (χ0) is 20.2. The first kappa shape index (κ1) is 18.9. The molecule has 29 heavy (non-hydrogen) atoms. The lowest BCUT2D eigenvalue weighted by molar-refractivity contribution is 0.102. The molecule has 0 aliphatic heterocycles. The molecule has 0 saturated heterocycles. The van der Waals surface area contributed by atoms with Gasteiger partial charge in [0, 0.05) is 24.3 Å². The quantitative estimate of drug-likeness (QED) is 0.518. The Hall–Kier alpha value is -3.47. The Labute approximate surface area is 170 Å². The zero-order valence-corrected chi connectivity index (χ0v) is 16.7. The molecule has 0 atom stereocenters. The number of benzene rings is 1. The number of aryl methyl sites for hydroxylation is 2. The molecule has 1 N–H and O–H groups in total. The van der Waals surface area contributed by atoms with Crippen LogP contribution in [-0.4, -0.2) is 20.3 Å². The van der Waals surface area contributed by atoms with Crippen LogP contribution in [0.25, 0.3) is 5.65 Å². The maximum Gasteiger partial charge on any atom is 0.274 e. The van der Waals surface area contributed by atoms with E-state index in [1.165, 1.54) is 11.1 Å². The summed E-state index contributed by atoms with van der Waals surface area (Å²) in [5, 5.41) is 3.03. The van der Waals surface area contributed by atoms with Gasteiger partial charge in [0.1, 0.15) is 11.3 Å². The van der Waals surface area contributed by atoms with Crippen molar-refractivity contribution in [3.05, 3.63) is 95.2 Å². The Kier molecular flexibility index (Phi) is 5.38. The van der Waals surface area contributed by atoms with E-state index >= 15 is 0 Å². The number of rotatable bonds is 6. The molecule has 4 rings (SSSR count). The summed E-state index contributed by atoms with van der Waals surface area (Å²) < 4.78 is 1.88. The van der Waals surface area contributed by atoms with E-state index in [-0.39, 0.29) is 5.91 Å². The zero-order valence-electron chi connectivity index (χ0n) is 16.7.